The molecule has 2 aliphatic rings. The second-order valence-electron chi connectivity index (χ2n) is 9.61. The van der Waals surface area contributed by atoms with Gasteiger partial charge in [0.25, 0.3) is 5.56 Å². The van der Waals surface area contributed by atoms with Crippen molar-refractivity contribution in [1.29, 1.82) is 0 Å². The minimum absolute atomic E-state index is 0.0513. The number of likely N-dealkylation sites (tertiary alicyclic amines) is 1. The standard InChI is InChI=1S/C25H30IN5O3/c1-29-21(26)13-19-22(29)28-16-31(24(19)33)15-25(34)8-11-30(12-9-25)23(32)18-7-10-27-14-20(18)17-5-3-2-4-6-17/h2-6,13,16,18,20,27,34H,7-12,14-15H2,1H3/t18-,20+/m1/s1. The Morgan fingerprint density at radius 2 is 2.00 bits per heavy atom. The van der Waals surface area contributed by atoms with Crippen molar-refractivity contribution in [2.75, 3.05) is 26.2 Å². The molecule has 0 bridgehead atoms. The Labute approximate surface area is 212 Å². The van der Waals surface area contributed by atoms with Gasteiger partial charge in [0.1, 0.15) is 12.0 Å². The minimum Gasteiger partial charge on any atom is -0.388 e. The van der Waals surface area contributed by atoms with Crippen molar-refractivity contribution >= 4 is 39.5 Å². The highest BCUT2D eigenvalue weighted by atomic mass is 127. The number of hydrogen-bond acceptors (Lipinski definition) is 5. The number of hydrogen-bond donors (Lipinski definition) is 2. The number of rotatable bonds is 4. The summed E-state index contributed by atoms with van der Waals surface area (Å²) < 4.78 is 4.32. The van der Waals surface area contributed by atoms with Crippen molar-refractivity contribution in [1.82, 2.24) is 24.3 Å². The quantitative estimate of drug-likeness (QED) is 0.465. The second-order valence-corrected chi connectivity index (χ2v) is 10.7. The minimum atomic E-state index is -1.04. The average Bonchev–Trinajstić information content (AvgIpc) is 3.15. The van der Waals surface area contributed by atoms with E-state index < -0.39 is 5.60 Å². The Morgan fingerprint density at radius 1 is 1.26 bits per heavy atom. The first-order chi connectivity index (χ1) is 16.4. The van der Waals surface area contributed by atoms with E-state index in [0.717, 1.165) is 23.2 Å². The van der Waals surface area contributed by atoms with E-state index in [-0.39, 0.29) is 29.8 Å². The number of carbonyl (C=O) groups is 1. The molecule has 180 valence electrons. The smallest absolute Gasteiger partial charge is 0.262 e. The van der Waals surface area contributed by atoms with E-state index in [1.165, 1.54) is 16.5 Å². The lowest BCUT2D eigenvalue weighted by Gasteiger charge is -2.41. The maximum atomic E-state index is 13.5. The number of benzene rings is 1. The fourth-order valence-corrected chi connectivity index (χ4v) is 5.92. The highest BCUT2D eigenvalue weighted by molar-refractivity contribution is 14.1. The van der Waals surface area contributed by atoms with E-state index in [1.54, 1.807) is 0 Å². The molecular formula is C25H30IN5O3. The monoisotopic (exact) mass is 575 g/mol. The maximum Gasteiger partial charge on any atom is 0.262 e. The summed E-state index contributed by atoms with van der Waals surface area (Å²) in [6.45, 7) is 2.81. The first kappa shape index (κ1) is 23.5. The van der Waals surface area contributed by atoms with Crippen molar-refractivity contribution < 1.29 is 9.90 Å². The number of carbonyl (C=O) groups excluding carboxylic acids is 1. The molecule has 2 atom stereocenters. The third-order valence-corrected chi connectivity index (χ3v) is 8.49. The lowest BCUT2D eigenvalue weighted by molar-refractivity contribution is -0.141. The maximum absolute atomic E-state index is 13.5. The molecule has 5 rings (SSSR count). The van der Waals surface area contributed by atoms with E-state index in [2.05, 4.69) is 45.0 Å². The number of fused-ring (bicyclic) bond motifs is 1. The molecule has 0 saturated carbocycles. The summed E-state index contributed by atoms with van der Waals surface area (Å²) in [5.74, 6) is 0.287. The Balaban J connectivity index is 1.27. The predicted molar refractivity (Wildman–Crippen MR) is 139 cm³/mol. The molecule has 3 aromatic rings. The molecule has 0 spiro atoms. The normalized spacial score (nSPS) is 22.7. The van der Waals surface area contributed by atoms with Gasteiger partial charge >= 0.3 is 0 Å². The first-order valence-electron chi connectivity index (χ1n) is 11.8. The Morgan fingerprint density at radius 3 is 2.74 bits per heavy atom. The van der Waals surface area contributed by atoms with Gasteiger partial charge in [0.2, 0.25) is 5.91 Å². The van der Waals surface area contributed by atoms with Gasteiger partial charge in [-0.1, -0.05) is 30.3 Å². The number of nitrogens with one attached hydrogen (secondary N) is 1. The van der Waals surface area contributed by atoms with Crippen LogP contribution in [0.25, 0.3) is 11.0 Å². The number of aliphatic hydroxyl groups is 1. The molecule has 2 fully saturated rings. The molecule has 4 heterocycles. The average molecular weight is 575 g/mol. The van der Waals surface area contributed by atoms with Crippen LogP contribution in [0.3, 0.4) is 0 Å². The molecule has 34 heavy (non-hydrogen) atoms. The SMILES string of the molecule is Cn1c(I)cc2c(=O)n(CC3(O)CCN(C(=O)[C@@H]4CCNC[C@H]4c4ccccc4)CC3)cnc21. The van der Waals surface area contributed by atoms with E-state index in [4.69, 9.17) is 0 Å². The van der Waals surface area contributed by atoms with Crippen LogP contribution in [0.1, 0.15) is 30.7 Å². The van der Waals surface area contributed by atoms with Crippen LogP contribution in [0.15, 0.2) is 47.5 Å². The van der Waals surface area contributed by atoms with Crippen LogP contribution in [0, 0.1) is 9.62 Å². The molecule has 0 aliphatic carbocycles. The van der Waals surface area contributed by atoms with Gasteiger partial charge in [-0.15, -0.1) is 0 Å². The largest absolute Gasteiger partial charge is 0.388 e. The van der Waals surface area contributed by atoms with Gasteiger partial charge in [-0.3, -0.25) is 14.2 Å². The van der Waals surface area contributed by atoms with Crippen molar-refractivity contribution in [3.63, 3.8) is 0 Å². The highest BCUT2D eigenvalue weighted by Gasteiger charge is 2.39. The van der Waals surface area contributed by atoms with Crippen LogP contribution < -0.4 is 10.9 Å². The van der Waals surface area contributed by atoms with E-state index in [1.807, 2.05) is 40.8 Å². The number of aryl methyl sites for hydroxylation is 1. The number of aromatic nitrogens is 3. The molecule has 9 heteroatoms. The van der Waals surface area contributed by atoms with E-state index in [0.29, 0.717) is 37.0 Å². The molecule has 0 unspecified atom stereocenters. The summed E-state index contributed by atoms with van der Waals surface area (Å²) in [7, 11) is 1.88. The third-order valence-electron chi connectivity index (χ3n) is 7.45. The summed E-state index contributed by atoms with van der Waals surface area (Å²) in [6, 6.07) is 12.1. The lowest BCUT2D eigenvalue weighted by Crippen LogP contribution is -2.52. The van der Waals surface area contributed by atoms with Crippen LogP contribution in [-0.2, 0) is 18.4 Å². The van der Waals surface area contributed by atoms with Gasteiger partial charge < -0.3 is 19.9 Å². The molecule has 1 aromatic carbocycles. The van der Waals surface area contributed by atoms with E-state index >= 15 is 0 Å². The van der Waals surface area contributed by atoms with Gasteiger partial charge in [0.05, 0.1) is 21.2 Å². The van der Waals surface area contributed by atoms with Crippen LogP contribution in [0.2, 0.25) is 0 Å². The number of piperidine rings is 2. The first-order valence-corrected chi connectivity index (χ1v) is 12.9. The fourth-order valence-electron chi connectivity index (χ4n) is 5.38. The number of nitrogens with zero attached hydrogens (tertiary/aromatic N) is 4. The highest BCUT2D eigenvalue weighted by Crippen LogP contribution is 2.33. The summed E-state index contributed by atoms with van der Waals surface area (Å²) in [4.78, 5) is 32.8. The Bertz CT molecular complexity index is 1250. The van der Waals surface area contributed by atoms with Crippen molar-refractivity contribution in [2.24, 2.45) is 13.0 Å². The molecular weight excluding hydrogens is 545 g/mol. The zero-order valence-corrected chi connectivity index (χ0v) is 21.4. The Hall–Kier alpha value is -2.24. The zero-order valence-electron chi connectivity index (χ0n) is 19.3. The van der Waals surface area contributed by atoms with E-state index in [9.17, 15) is 14.7 Å². The van der Waals surface area contributed by atoms with Crippen LogP contribution in [0.5, 0.6) is 0 Å². The summed E-state index contributed by atoms with van der Waals surface area (Å²) >= 11 is 2.18. The van der Waals surface area contributed by atoms with Crippen LogP contribution in [0.4, 0.5) is 0 Å². The van der Waals surface area contributed by atoms with Gasteiger partial charge in [-0.25, -0.2) is 4.98 Å². The van der Waals surface area contributed by atoms with Gasteiger partial charge in [0, 0.05) is 38.5 Å². The van der Waals surface area contributed by atoms with Crippen LogP contribution in [-0.4, -0.2) is 61.8 Å². The molecule has 0 radical (unpaired) electrons. The molecule has 2 N–H and O–H groups in total. The van der Waals surface area contributed by atoms with Crippen molar-refractivity contribution in [3.05, 3.63) is 62.3 Å². The summed E-state index contributed by atoms with van der Waals surface area (Å²) in [6.07, 6.45) is 3.22. The number of amides is 1. The lowest BCUT2D eigenvalue weighted by atomic mass is 9.80. The topological polar surface area (TPSA) is 92.4 Å². The zero-order chi connectivity index (χ0) is 23.9. The van der Waals surface area contributed by atoms with Crippen LogP contribution >= 0.6 is 22.6 Å². The summed E-state index contributed by atoms with van der Waals surface area (Å²) in [5.41, 5.74) is 0.661. The van der Waals surface area contributed by atoms with Gasteiger partial charge in [-0.05, 0) is 60.0 Å². The molecule has 2 saturated heterocycles. The fraction of sp³-hybridized carbons (Fsp3) is 0.480. The third kappa shape index (κ3) is 4.40. The predicted octanol–water partition coefficient (Wildman–Crippen LogP) is 2.09. The second kappa shape index (κ2) is 9.43. The molecule has 2 aliphatic heterocycles. The van der Waals surface area contributed by atoms with Crippen molar-refractivity contribution in [2.45, 2.75) is 37.3 Å². The van der Waals surface area contributed by atoms with Crippen molar-refractivity contribution in [3.8, 4) is 0 Å². The molecule has 2 aromatic heterocycles. The van der Waals surface area contributed by atoms with Gasteiger partial charge in [0.15, 0.2) is 0 Å². The Kier molecular flexibility index (Phi) is 6.51. The van der Waals surface area contributed by atoms with Gasteiger partial charge in [-0.2, -0.15) is 0 Å². The molecule has 8 nitrogen and oxygen atoms in total. The number of halogens is 1. The summed E-state index contributed by atoms with van der Waals surface area (Å²) in [5, 5.41) is 15.3. The molecule has 1 amide bonds.